The Morgan fingerprint density at radius 1 is 1.24 bits per heavy atom. The van der Waals surface area contributed by atoms with Crippen LogP contribution in [0.5, 0.6) is 0 Å². The summed E-state index contributed by atoms with van der Waals surface area (Å²) in [7, 11) is 1.99. The van der Waals surface area contributed by atoms with Gasteiger partial charge < -0.3 is 5.32 Å². The number of aromatic nitrogens is 2. The number of thiazole rings is 1. The van der Waals surface area contributed by atoms with Gasteiger partial charge in [-0.25, -0.2) is 4.98 Å². The first kappa shape index (κ1) is 12.2. The van der Waals surface area contributed by atoms with Crippen LogP contribution < -0.4 is 5.32 Å². The molecule has 0 amide bonds. The molecular weight excluding hydrogens is 230 g/mol. The van der Waals surface area contributed by atoms with Gasteiger partial charge >= 0.3 is 0 Å². The van der Waals surface area contributed by atoms with Crippen molar-refractivity contribution in [2.75, 3.05) is 13.6 Å². The predicted octanol–water partition coefficient (Wildman–Crippen LogP) is 2.75. The van der Waals surface area contributed by atoms with E-state index in [-0.39, 0.29) is 0 Å². The van der Waals surface area contributed by atoms with Crippen LogP contribution in [0.25, 0.3) is 11.3 Å². The molecule has 0 aliphatic carbocycles. The van der Waals surface area contributed by atoms with Crippen molar-refractivity contribution in [2.45, 2.75) is 19.3 Å². The molecule has 0 radical (unpaired) electrons. The molecule has 0 unspecified atom stereocenters. The highest BCUT2D eigenvalue weighted by Gasteiger charge is 2.03. The van der Waals surface area contributed by atoms with Gasteiger partial charge in [-0.1, -0.05) is 0 Å². The standard InChI is InChI=1S/C13H17N3S/c1-14-7-3-2-4-13-16-12(10-17-13)11-5-8-15-9-6-11/h5-6,8-10,14H,2-4,7H2,1H3. The Kier molecular flexibility index (Phi) is 4.64. The second kappa shape index (κ2) is 6.47. The van der Waals surface area contributed by atoms with E-state index < -0.39 is 0 Å². The van der Waals surface area contributed by atoms with Crippen molar-refractivity contribution >= 4 is 11.3 Å². The van der Waals surface area contributed by atoms with Crippen molar-refractivity contribution in [2.24, 2.45) is 0 Å². The number of nitrogens with zero attached hydrogens (tertiary/aromatic N) is 2. The van der Waals surface area contributed by atoms with Gasteiger partial charge in [0, 0.05) is 23.3 Å². The quantitative estimate of drug-likeness (QED) is 0.798. The first-order chi connectivity index (χ1) is 8.40. The number of hydrogen-bond donors (Lipinski definition) is 1. The van der Waals surface area contributed by atoms with Crippen molar-refractivity contribution in [3.8, 4) is 11.3 Å². The summed E-state index contributed by atoms with van der Waals surface area (Å²) in [6.07, 6.45) is 7.10. The van der Waals surface area contributed by atoms with Crippen molar-refractivity contribution in [3.63, 3.8) is 0 Å². The molecule has 0 saturated carbocycles. The zero-order chi connectivity index (χ0) is 11.9. The topological polar surface area (TPSA) is 37.8 Å². The molecule has 2 aromatic heterocycles. The lowest BCUT2D eigenvalue weighted by atomic mass is 10.2. The third-order valence-corrected chi connectivity index (χ3v) is 3.50. The lowest BCUT2D eigenvalue weighted by molar-refractivity contribution is 0.676. The van der Waals surface area contributed by atoms with Gasteiger partial charge in [-0.2, -0.15) is 0 Å². The van der Waals surface area contributed by atoms with Crippen molar-refractivity contribution in [1.29, 1.82) is 0 Å². The summed E-state index contributed by atoms with van der Waals surface area (Å²) >= 11 is 1.75. The summed E-state index contributed by atoms with van der Waals surface area (Å²) in [5.74, 6) is 0. The van der Waals surface area contributed by atoms with E-state index in [1.165, 1.54) is 17.8 Å². The summed E-state index contributed by atoms with van der Waals surface area (Å²) in [5.41, 5.74) is 2.22. The second-order valence-electron chi connectivity index (χ2n) is 3.92. The first-order valence-corrected chi connectivity index (χ1v) is 6.77. The van der Waals surface area contributed by atoms with Crippen LogP contribution in [0, 0.1) is 0 Å². The number of rotatable bonds is 6. The molecule has 0 aliphatic rings. The zero-order valence-electron chi connectivity index (χ0n) is 10.0. The number of nitrogens with one attached hydrogen (secondary N) is 1. The SMILES string of the molecule is CNCCCCc1nc(-c2ccncc2)cs1. The minimum absolute atomic E-state index is 1.07. The fourth-order valence-corrected chi connectivity index (χ4v) is 2.51. The number of aryl methyl sites for hydroxylation is 1. The smallest absolute Gasteiger partial charge is 0.0932 e. The lowest BCUT2D eigenvalue weighted by Gasteiger charge is -1.97. The Labute approximate surface area is 106 Å². The second-order valence-corrected chi connectivity index (χ2v) is 4.87. The molecule has 90 valence electrons. The monoisotopic (exact) mass is 247 g/mol. The van der Waals surface area contributed by atoms with E-state index in [4.69, 9.17) is 0 Å². The molecule has 2 rings (SSSR count). The van der Waals surface area contributed by atoms with E-state index in [1.54, 1.807) is 23.7 Å². The van der Waals surface area contributed by atoms with Gasteiger partial charge in [0.15, 0.2) is 0 Å². The molecule has 17 heavy (non-hydrogen) atoms. The third kappa shape index (κ3) is 3.61. The summed E-state index contributed by atoms with van der Waals surface area (Å²) in [6, 6.07) is 4.00. The largest absolute Gasteiger partial charge is 0.320 e. The maximum atomic E-state index is 4.65. The number of hydrogen-bond acceptors (Lipinski definition) is 4. The van der Waals surface area contributed by atoms with Crippen LogP contribution in [0.1, 0.15) is 17.8 Å². The van der Waals surface area contributed by atoms with Gasteiger partial charge in [0.05, 0.1) is 10.7 Å². The molecule has 0 saturated heterocycles. The highest BCUT2D eigenvalue weighted by Crippen LogP contribution is 2.21. The first-order valence-electron chi connectivity index (χ1n) is 5.89. The molecule has 0 bridgehead atoms. The average Bonchev–Trinajstić information content (AvgIpc) is 2.85. The highest BCUT2D eigenvalue weighted by molar-refractivity contribution is 7.09. The Bertz CT molecular complexity index is 439. The predicted molar refractivity (Wildman–Crippen MR) is 72.2 cm³/mol. The average molecular weight is 247 g/mol. The fraction of sp³-hybridized carbons (Fsp3) is 0.385. The zero-order valence-corrected chi connectivity index (χ0v) is 10.8. The number of pyridine rings is 1. The fourth-order valence-electron chi connectivity index (χ4n) is 1.66. The summed E-state index contributed by atoms with van der Waals surface area (Å²) < 4.78 is 0. The van der Waals surface area contributed by atoms with Gasteiger partial charge in [-0.3, -0.25) is 4.98 Å². The Morgan fingerprint density at radius 2 is 2.06 bits per heavy atom. The van der Waals surface area contributed by atoms with Gasteiger partial charge in [-0.15, -0.1) is 11.3 Å². The molecule has 4 heteroatoms. The maximum Gasteiger partial charge on any atom is 0.0932 e. The van der Waals surface area contributed by atoms with E-state index in [9.17, 15) is 0 Å². The van der Waals surface area contributed by atoms with Crippen LogP contribution in [-0.2, 0) is 6.42 Å². The van der Waals surface area contributed by atoms with Crippen molar-refractivity contribution in [1.82, 2.24) is 15.3 Å². The van der Waals surface area contributed by atoms with Crippen LogP contribution in [0.15, 0.2) is 29.9 Å². The van der Waals surface area contributed by atoms with E-state index >= 15 is 0 Å². The van der Waals surface area contributed by atoms with Crippen LogP contribution in [-0.4, -0.2) is 23.6 Å². The van der Waals surface area contributed by atoms with E-state index in [0.29, 0.717) is 0 Å². The van der Waals surface area contributed by atoms with Gasteiger partial charge in [0.1, 0.15) is 0 Å². The van der Waals surface area contributed by atoms with E-state index in [2.05, 4.69) is 20.7 Å². The van der Waals surface area contributed by atoms with E-state index in [1.807, 2.05) is 19.2 Å². The van der Waals surface area contributed by atoms with Crippen LogP contribution in [0.4, 0.5) is 0 Å². The normalized spacial score (nSPS) is 10.6. The molecule has 2 heterocycles. The Balaban J connectivity index is 1.92. The van der Waals surface area contributed by atoms with Gasteiger partial charge in [-0.05, 0) is 45.0 Å². The van der Waals surface area contributed by atoms with Gasteiger partial charge in [0.2, 0.25) is 0 Å². The van der Waals surface area contributed by atoms with Crippen LogP contribution >= 0.6 is 11.3 Å². The third-order valence-electron chi connectivity index (χ3n) is 2.60. The molecule has 0 aliphatic heterocycles. The summed E-state index contributed by atoms with van der Waals surface area (Å²) in [6.45, 7) is 1.09. The Morgan fingerprint density at radius 3 is 2.82 bits per heavy atom. The minimum Gasteiger partial charge on any atom is -0.320 e. The molecule has 3 nitrogen and oxygen atoms in total. The lowest BCUT2D eigenvalue weighted by Crippen LogP contribution is -2.07. The maximum absolute atomic E-state index is 4.65. The Hall–Kier alpha value is -1.26. The molecule has 2 aromatic rings. The summed E-state index contributed by atoms with van der Waals surface area (Å²) in [5, 5.41) is 6.52. The molecule has 1 N–H and O–H groups in total. The van der Waals surface area contributed by atoms with Crippen molar-refractivity contribution in [3.05, 3.63) is 34.9 Å². The molecule has 0 atom stereocenters. The van der Waals surface area contributed by atoms with Crippen LogP contribution in [0.3, 0.4) is 0 Å². The van der Waals surface area contributed by atoms with Gasteiger partial charge in [0.25, 0.3) is 0 Å². The molecular formula is C13H17N3S. The van der Waals surface area contributed by atoms with Crippen molar-refractivity contribution < 1.29 is 0 Å². The van der Waals surface area contributed by atoms with Crippen LogP contribution in [0.2, 0.25) is 0 Å². The minimum atomic E-state index is 1.07. The number of unbranched alkanes of at least 4 members (excludes halogenated alkanes) is 1. The molecule has 0 fully saturated rings. The van der Waals surface area contributed by atoms with E-state index in [0.717, 1.165) is 24.2 Å². The highest BCUT2D eigenvalue weighted by atomic mass is 32.1. The summed E-state index contributed by atoms with van der Waals surface area (Å²) in [4.78, 5) is 8.66. The molecule has 0 aromatic carbocycles. The molecule has 0 spiro atoms.